The molecule has 7 N–H and O–H groups in total. The summed E-state index contributed by atoms with van der Waals surface area (Å²) in [6.45, 7) is 12.3. The summed E-state index contributed by atoms with van der Waals surface area (Å²) in [5.74, 6) is -1.52. The van der Waals surface area contributed by atoms with Crippen molar-refractivity contribution in [3.05, 3.63) is 42.0 Å². The molecule has 9 aliphatic rings. The highest BCUT2D eigenvalue weighted by molar-refractivity contribution is 5.87. The molecule has 0 aromatic heterocycles. The lowest BCUT2D eigenvalue weighted by Gasteiger charge is -2.68. The third kappa shape index (κ3) is 12.6. The van der Waals surface area contributed by atoms with Gasteiger partial charge < -0.3 is 102 Å². The number of ether oxygens (including phenoxy) is 14. The first-order valence-corrected chi connectivity index (χ1v) is 31.2. The molecule has 5 heterocycles. The van der Waals surface area contributed by atoms with Crippen molar-refractivity contribution in [1.29, 1.82) is 0 Å². The summed E-state index contributed by atoms with van der Waals surface area (Å²) < 4.78 is 87.7. The van der Waals surface area contributed by atoms with Crippen molar-refractivity contribution in [2.75, 3.05) is 27.9 Å². The van der Waals surface area contributed by atoms with E-state index in [0.29, 0.717) is 57.8 Å². The molecular weight excluding hydrogens is 1120 g/mol. The van der Waals surface area contributed by atoms with Crippen LogP contribution in [0.25, 0.3) is 6.08 Å². The van der Waals surface area contributed by atoms with Crippen LogP contribution in [0.2, 0.25) is 0 Å². The number of carbonyl (C=O) groups is 2. The molecule has 5 saturated heterocycles. The normalized spacial score (nSPS) is 49.8. The van der Waals surface area contributed by atoms with Gasteiger partial charge in [0.2, 0.25) is 0 Å². The molecule has 4 saturated carbocycles. The fourth-order valence-corrected chi connectivity index (χ4v) is 17.0. The van der Waals surface area contributed by atoms with E-state index < -0.39 is 182 Å². The van der Waals surface area contributed by atoms with E-state index in [1.165, 1.54) is 20.1 Å². The van der Waals surface area contributed by atoms with Crippen LogP contribution >= 0.6 is 0 Å². The number of esters is 1. The highest BCUT2D eigenvalue weighted by Gasteiger charge is 2.78. The first kappa shape index (κ1) is 66.2. The number of hydrogen-bond donors (Lipinski definition) is 7. The highest BCUT2D eigenvalue weighted by atomic mass is 16.8. The zero-order valence-corrected chi connectivity index (χ0v) is 51.4. The van der Waals surface area contributed by atoms with Crippen molar-refractivity contribution < 1.29 is 112 Å². The van der Waals surface area contributed by atoms with Gasteiger partial charge in [0.15, 0.2) is 31.5 Å². The molecule has 9 fully saturated rings. The van der Waals surface area contributed by atoms with Crippen LogP contribution < -0.4 is 0 Å². The lowest BCUT2D eigenvalue weighted by molar-refractivity contribution is -0.358. The molecule has 23 heteroatoms. The number of carbonyl (C=O) groups excluding carboxylic acids is 2. The van der Waals surface area contributed by atoms with E-state index in [-0.39, 0.29) is 37.1 Å². The smallest absolute Gasteiger partial charge is 0.331 e. The van der Waals surface area contributed by atoms with Crippen molar-refractivity contribution in [3.8, 4) is 0 Å². The van der Waals surface area contributed by atoms with E-state index in [1.54, 1.807) is 34.1 Å². The Bertz CT molecular complexity index is 2440. The van der Waals surface area contributed by atoms with Gasteiger partial charge in [-0.05, 0) is 115 Å². The highest BCUT2D eigenvalue weighted by Crippen LogP contribution is 2.71. The minimum absolute atomic E-state index is 0.0641. The third-order valence-corrected chi connectivity index (χ3v) is 21.8. The third-order valence-electron chi connectivity index (χ3n) is 21.8. The number of Topliss-reactive ketones (excluding diaryl/α,β-unsaturated/α-hetero) is 1. The van der Waals surface area contributed by atoms with Crippen LogP contribution in [0.4, 0.5) is 0 Å². The van der Waals surface area contributed by atoms with E-state index >= 15 is 0 Å². The number of hydrogen-bond acceptors (Lipinski definition) is 23. The van der Waals surface area contributed by atoms with E-state index in [9.17, 15) is 45.3 Å². The molecule has 0 spiro atoms. The van der Waals surface area contributed by atoms with Crippen LogP contribution in [-0.4, -0.2) is 228 Å². The molecule has 10 rings (SSSR count). The van der Waals surface area contributed by atoms with Crippen LogP contribution in [0, 0.1) is 28.6 Å². The summed E-state index contributed by atoms with van der Waals surface area (Å²) in [5, 5.41) is 78.4. The Labute approximate surface area is 504 Å². The Morgan fingerprint density at radius 3 is 1.70 bits per heavy atom. The molecule has 0 amide bonds. The molecule has 1 aromatic carbocycles. The standard InChI is InChI=1S/C63H96O23/c1-31(65)39-20-23-63(72)61(39,7)46(82-47(67)17-16-36-14-12-11-13-15-36)29-45-60(6)21-19-38(24-37(60)18-22-62(45,63)71)80-49-26-41(73-8)57(33(3)77-49)85-51-27-42(74-9)56(34(4)78-51)84-48-25-40(66)55(32(2)76-48)83-50-28-43(75-10)58(35(5)79-50)86-59-54(70)53(69)52(68)44(30-64)81-59/h11-17,32-35,37-46,48-59,64,66,68-72H,18-30H2,1-10H3. The van der Waals surface area contributed by atoms with Crippen molar-refractivity contribution in [1.82, 2.24) is 0 Å². The maximum absolute atomic E-state index is 13.6. The van der Waals surface area contributed by atoms with Crippen molar-refractivity contribution in [3.63, 3.8) is 0 Å². The molecule has 1 aromatic rings. The molecule has 0 bridgehead atoms. The van der Waals surface area contributed by atoms with E-state index in [0.717, 1.165) is 5.56 Å². The van der Waals surface area contributed by atoms with Gasteiger partial charge in [0, 0.05) is 64.4 Å². The first-order chi connectivity index (χ1) is 40.9. The summed E-state index contributed by atoms with van der Waals surface area (Å²) in [5.41, 5.74) is -3.95. The fraction of sp³-hybridized carbons (Fsp3) is 0.841. The maximum atomic E-state index is 13.6. The SMILES string of the molecule is COC1CC(OC2C(C)OC(OC3CCC4(C)C(CCC5(O)C4CC(OC(=O)C=Cc4ccccc4)C4(C)C(C(C)=O)CCC54O)C3)CC2OC)OC(C)C1OC1CC(O)C(OC2CC(OC)C(OC3OC(CO)C(O)C(O)C3O)C(C)O2)C(C)O1. The minimum Gasteiger partial charge on any atom is -0.458 e. The Balaban J connectivity index is 0.706. The van der Waals surface area contributed by atoms with Crippen LogP contribution in [-0.2, 0) is 75.9 Å². The van der Waals surface area contributed by atoms with E-state index in [4.69, 9.17) is 66.3 Å². The van der Waals surface area contributed by atoms with Crippen LogP contribution in [0.3, 0.4) is 0 Å². The van der Waals surface area contributed by atoms with Gasteiger partial charge in [-0.3, -0.25) is 4.79 Å². The minimum atomic E-state index is -1.66. The number of aliphatic hydroxyl groups is 7. The van der Waals surface area contributed by atoms with Crippen molar-refractivity contribution in [2.24, 2.45) is 28.6 Å². The van der Waals surface area contributed by atoms with Gasteiger partial charge in [-0.15, -0.1) is 0 Å². The Morgan fingerprint density at radius 1 is 0.616 bits per heavy atom. The molecular formula is C63H96O23. The largest absolute Gasteiger partial charge is 0.458 e. The zero-order valence-electron chi connectivity index (χ0n) is 51.4. The molecule has 486 valence electrons. The fourth-order valence-electron chi connectivity index (χ4n) is 17.0. The van der Waals surface area contributed by atoms with Crippen molar-refractivity contribution >= 4 is 17.8 Å². The average Bonchev–Trinajstić information content (AvgIpc) is 1.30. The summed E-state index contributed by atoms with van der Waals surface area (Å²) in [4.78, 5) is 27.0. The Hall–Kier alpha value is -2.70. The van der Waals surface area contributed by atoms with Gasteiger partial charge in [0.25, 0.3) is 0 Å². The average molecular weight is 1220 g/mol. The summed E-state index contributed by atoms with van der Waals surface area (Å²) in [7, 11) is 4.72. The number of methoxy groups -OCH3 is 3. The second-order valence-corrected chi connectivity index (χ2v) is 26.5. The molecule has 30 unspecified atom stereocenters. The first-order valence-electron chi connectivity index (χ1n) is 31.2. The Morgan fingerprint density at radius 2 is 1.15 bits per heavy atom. The van der Waals surface area contributed by atoms with Gasteiger partial charge in [-0.2, -0.15) is 0 Å². The monoisotopic (exact) mass is 1220 g/mol. The number of aliphatic hydroxyl groups excluding tert-OH is 5. The van der Waals surface area contributed by atoms with Crippen molar-refractivity contribution in [2.45, 2.75) is 278 Å². The number of rotatable bonds is 18. The predicted molar refractivity (Wildman–Crippen MR) is 302 cm³/mol. The molecule has 30 atom stereocenters. The number of fused-ring (bicyclic) bond motifs is 5. The van der Waals surface area contributed by atoms with E-state index in [1.807, 2.05) is 51.1 Å². The summed E-state index contributed by atoms with van der Waals surface area (Å²) in [6, 6.07) is 9.45. The van der Waals surface area contributed by atoms with Gasteiger partial charge in [-0.25, -0.2) is 4.79 Å². The molecule has 4 aliphatic carbocycles. The van der Waals surface area contributed by atoms with Crippen LogP contribution in [0.5, 0.6) is 0 Å². The lowest BCUT2D eigenvalue weighted by atomic mass is 9.40. The summed E-state index contributed by atoms with van der Waals surface area (Å²) in [6.07, 6.45) is -10.9. The zero-order chi connectivity index (χ0) is 61.8. The molecule has 23 nitrogen and oxygen atoms in total. The van der Waals surface area contributed by atoms with Gasteiger partial charge >= 0.3 is 5.97 Å². The Kier molecular flexibility index (Phi) is 20.7. The van der Waals surface area contributed by atoms with Gasteiger partial charge in [0.1, 0.15) is 66.3 Å². The molecule has 0 radical (unpaired) electrons. The second kappa shape index (κ2) is 26.9. The van der Waals surface area contributed by atoms with E-state index in [2.05, 4.69) is 6.92 Å². The molecule has 86 heavy (non-hydrogen) atoms. The number of ketones is 1. The predicted octanol–water partition coefficient (Wildman–Crippen LogP) is 3.37. The number of benzene rings is 1. The van der Waals surface area contributed by atoms with Crippen LogP contribution in [0.15, 0.2) is 36.4 Å². The van der Waals surface area contributed by atoms with Crippen LogP contribution in [0.1, 0.15) is 131 Å². The quantitative estimate of drug-likeness (QED) is 0.0630. The van der Waals surface area contributed by atoms with Gasteiger partial charge in [0.05, 0.1) is 67.1 Å². The second-order valence-electron chi connectivity index (χ2n) is 26.5. The lowest BCUT2D eigenvalue weighted by Crippen LogP contribution is -2.76. The maximum Gasteiger partial charge on any atom is 0.331 e. The molecule has 5 aliphatic heterocycles. The van der Waals surface area contributed by atoms with Gasteiger partial charge in [-0.1, -0.05) is 44.2 Å². The summed E-state index contributed by atoms with van der Waals surface area (Å²) >= 11 is 0. The topological polar surface area (TPSA) is 305 Å².